The molecule has 0 unspecified atom stereocenters. The summed E-state index contributed by atoms with van der Waals surface area (Å²) in [6.45, 7) is 12.3. The lowest BCUT2D eigenvalue weighted by Gasteiger charge is -2.23. The molecule has 0 bridgehead atoms. The Kier molecular flexibility index (Phi) is 15.1. The summed E-state index contributed by atoms with van der Waals surface area (Å²) in [5.74, 6) is 0. The average Bonchev–Trinajstić information content (AvgIpc) is 2.67. The lowest BCUT2D eigenvalue weighted by atomic mass is 10.1. The minimum absolute atomic E-state index is 0.312. The van der Waals surface area contributed by atoms with E-state index in [0.717, 1.165) is 38.5 Å². The first-order valence-electron chi connectivity index (χ1n) is 11.7. The molecule has 0 atom stereocenters. The van der Waals surface area contributed by atoms with Crippen LogP contribution in [0.2, 0.25) is 0 Å². The van der Waals surface area contributed by atoms with Crippen LogP contribution in [0.1, 0.15) is 112 Å². The first-order valence-corrected chi connectivity index (χ1v) is 11.7. The summed E-state index contributed by atoms with van der Waals surface area (Å²) in [5.41, 5.74) is -0.819. The molecule has 0 aromatic carbocycles. The lowest BCUT2D eigenvalue weighted by molar-refractivity contribution is 0.0359. The van der Waals surface area contributed by atoms with Crippen LogP contribution in [0.15, 0.2) is 12.3 Å². The second-order valence-corrected chi connectivity index (χ2v) is 9.10. The number of rotatable bonds is 16. The van der Waals surface area contributed by atoms with Gasteiger partial charge < -0.3 is 14.8 Å². The molecule has 0 saturated carbocycles. The van der Waals surface area contributed by atoms with E-state index in [2.05, 4.69) is 10.6 Å². The third-order valence-corrected chi connectivity index (χ3v) is 5.33. The number of nitrogens with one attached hydrogen (secondary N) is 2. The maximum absolute atomic E-state index is 11.7. The number of carbonyl (C=O) groups excluding carboxylic acids is 2. The quantitative estimate of drug-likeness (QED) is 0.265. The Hall–Kier alpha value is -1.72. The van der Waals surface area contributed by atoms with Gasteiger partial charge in [-0.3, -0.25) is 5.32 Å². The molecule has 6 nitrogen and oxygen atoms in total. The van der Waals surface area contributed by atoms with Crippen LogP contribution in [0.5, 0.6) is 0 Å². The van der Waals surface area contributed by atoms with Crippen molar-refractivity contribution in [1.29, 1.82) is 0 Å². The number of alkyl carbamates (subject to hydrolysis) is 2. The maximum Gasteiger partial charge on any atom is 0.411 e. The number of hydrogen-bond acceptors (Lipinski definition) is 4. The van der Waals surface area contributed by atoms with Crippen LogP contribution in [-0.2, 0) is 9.47 Å². The van der Waals surface area contributed by atoms with Gasteiger partial charge in [-0.05, 0) is 59.8 Å². The van der Waals surface area contributed by atoms with Gasteiger partial charge in [-0.1, -0.05) is 58.4 Å². The molecule has 0 aliphatic rings. The van der Waals surface area contributed by atoms with Crippen molar-refractivity contribution in [3.63, 3.8) is 0 Å². The van der Waals surface area contributed by atoms with Crippen molar-refractivity contribution < 1.29 is 19.1 Å². The molecule has 2 N–H and O–H groups in total. The van der Waals surface area contributed by atoms with Crippen LogP contribution in [0.3, 0.4) is 0 Å². The summed E-state index contributed by atoms with van der Waals surface area (Å²) in [4.78, 5) is 23.3. The highest BCUT2D eigenvalue weighted by atomic mass is 16.6. The largest absolute Gasteiger partial charge is 0.444 e. The van der Waals surface area contributed by atoms with Crippen LogP contribution < -0.4 is 10.6 Å². The zero-order chi connectivity index (χ0) is 22.9. The number of unbranched alkanes of at least 4 members (excludes halogenated alkanes) is 8. The SMILES string of the molecule is CCC(C)(C)OC(=O)NC=CCCCCCCCCCCNC(=O)OC(C)(C)CC. The Morgan fingerprint density at radius 1 is 0.733 bits per heavy atom. The van der Waals surface area contributed by atoms with Gasteiger partial charge in [0.1, 0.15) is 11.2 Å². The van der Waals surface area contributed by atoms with Gasteiger partial charge in [-0.15, -0.1) is 0 Å². The van der Waals surface area contributed by atoms with Gasteiger partial charge in [0, 0.05) is 12.7 Å². The van der Waals surface area contributed by atoms with Crippen molar-refractivity contribution in [2.45, 2.75) is 123 Å². The normalized spacial score (nSPS) is 12.1. The number of hydrogen-bond donors (Lipinski definition) is 2. The second kappa shape index (κ2) is 16.0. The summed E-state index contributed by atoms with van der Waals surface area (Å²) < 4.78 is 10.6. The Balaban J connectivity index is 3.45. The Morgan fingerprint density at radius 3 is 1.73 bits per heavy atom. The summed E-state index contributed by atoms with van der Waals surface area (Å²) in [5, 5.41) is 5.48. The fourth-order valence-corrected chi connectivity index (χ4v) is 2.56. The molecule has 0 fully saturated rings. The predicted molar refractivity (Wildman–Crippen MR) is 124 cm³/mol. The number of ether oxygens (including phenoxy) is 2. The van der Waals surface area contributed by atoms with E-state index >= 15 is 0 Å². The summed E-state index contributed by atoms with van der Waals surface area (Å²) in [6, 6.07) is 0. The third kappa shape index (κ3) is 17.2. The van der Waals surface area contributed by atoms with Crippen LogP contribution in [0, 0.1) is 0 Å². The van der Waals surface area contributed by atoms with E-state index < -0.39 is 17.3 Å². The van der Waals surface area contributed by atoms with Crippen molar-refractivity contribution in [3.8, 4) is 0 Å². The van der Waals surface area contributed by atoms with Gasteiger partial charge in [-0.25, -0.2) is 9.59 Å². The molecule has 0 heterocycles. The van der Waals surface area contributed by atoms with Crippen molar-refractivity contribution in [1.82, 2.24) is 10.6 Å². The standard InChI is InChI=1S/C24H46N2O4/c1-7-23(3,4)29-21(27)25-19-17-15-13-11-9-10-12-14-16-18-20-26-22(28)30-24(5,6)8-2/h17,19H,7-16,18,20H2,1-6H3,(H,25,27)(H,26,28). The zero-order valence-electron chi connectivity index (χ0n) is 20.3. The molecule has 0 rings (SSSR count). The molecule has 30 heavy (non-hydrogen) atoms. The van der Waals surface area contributed by atoms with Gasteiger partial charge in [0.25, 0.3) is 0 Å². The van der Waals surface area contributed by atoms with E-state index in [9.17, 15) is 9.59 Å². The lowest BCUT2D eigenvalue weighted by Crippen LogP contribution is -2.34. The molecule has 176 valence electrons. The topological polar surface area (TPSA) is 76.7 Å². The molecule has 0 radical (unpaired) electrons. The van der Waals surface area contributed by atoms with Gasteiger partial charge in [0.15, 0.2) is 0 Å². The first kappa shape index (κ1) is 28.3. The monoisotopic (exact) mass is 426 g/mol. The molecule has 0 saturated heterocycles. The summed E-state index contributed by atoms with van der Waals surface area (Å²) in [6.07, 6.45) is 14.9. The molecule has 2 amide bonds. The number of allylic oxidation sites excluding steroid dienone is 1. The molecular formula is C24H46N2O4. The maximum atomic E-state index is 11.7. The van der Waals surface area contributed by atoms with Crippen molar-refractivity contribution >= 4 is 12.2 Å². The van der Waals surface area contributed by atoms with Crippen LogP contribution in [0.4, 0.5) is 9.59 Å². The molecule has 0 aliphatic carbocycles. The van der Waals surface area contributed by atoms with Crippen molar-refractivity contribution in [2.75, 3.05) is 6.54 Å². The molecule has 0 aromatic heterocycles. The van der Waals surface area contributed by atoms with Gasteiger partial charge in [-0.2, -0.15) is 0 Å². The van der Waals surface area contributed by atoms with E-state index in [-0.39, 0.29) is 6.09 Å². The molecule has 0 spiro atoms. The van der Waals surface area contributed by atoms with Gasteiger partial charge >= 0.3 is 12.2 Å². The van der Waals surface area contributed by atoms with Gasteiger partial charge in [0.05, 0.1) is 0 Å². The number of carbonyl (C=O) groups is 2. The van der Waals surface area contributed by atoms with E-state index in [4.69, 9.17) is 9.47 Å². The fraction of sp³-hybridized carbons (Fsp3) is 0.833. The Bertz CT molecular complexity index is 501. The van der Waals surface area contributed by atoms with Gasteiger partial charge in [0.2, 0.25) is 0 Å². The second-order valence-electron chi connectivity index (χ2n) is 9.10. The van der Waals surface area contributed by atoms with E-state index in [1.54, 1.807) is 6.20 Å². The minimum atomic E-state index is -0.424. The summed E-state index contributed by atoms with van der Waals surface area (Å²) >= 11 is 0. The summed E-state index contributed by atoms with van der Waals surface area (Å²) in [7, 11) is 0. The van der Waals surface area contributed by atoms with Crippen molar-refractivity contribution in [3.05, 3.63) is 12.3 Å². The van der Waals surface area contributed by atoms with Crippen LogP contribution in [0.25, 0.3) is 0 Å². The minimum Gasteiger partial charge on any atom is -0.444 e. The predicted octanol–water partition coefficient (Wildman–Crippen LogP) is 6.84. The van der Waals surface area contributed by atoms with Crippen LogP contribution >= 0.6 is 0 Å². The molecule has 0 aromatic rings. The fourth-order valence-electron chi connectivity index (χ4n) is 2.56. The number of amides is 2. The zero-order valence-corrected chi connectivity index (χ0v) is 20.3. The smallest absolute Gasteiger partial charge is 0.411 e. The van der Waals surface area contributed by atoms with E-state index in [1.165, 1.54) is 32.1 Å². The molecular weight excluding hydrogens is 380 g/mol. The molecule has 6 heteroatoms. The van der Waals surface area contributed by atoms with Crippen LogP contribution in [-0.4, -0.2) is 29.9 Å². The Labute approximate surface area is 184 Å². The molecule has 0 aliphatic heterocycles. The average molecular weight is 427 g/mol. The highest BCUT2D eigenvalue weighted by molar-refractivity contribution is 5.68. The highest BCUT2D eigenvalue weighted by Gasteiger charge is 2.20. The first-order chi connectivity index (χ1) is 14.1. The van der Waals surface area contributed by atoms with Crippen molar-refractivity contribution in [2.24, 2.45) is 0 Å². The Morgan fingerprint density at radius 2 is 1.20 bits per heavy atom. The third-order valence-electron chi connectivity index (χ3n) is 5.33. The van der Waals surface area contributed by atoms with E-state index in [0.29, 0.717) is 6.54 Å². The van der Waals surface area contributed by atoms with E-state index in [1.807, 2.05) is 47.6 Å². The highest BCUT2D eigenvalue weighted by Crippen LogP contribution is 2.14.